The van der Waals surface area contributed by atoms with E-state index in [4.69, 9.17) is 14.6 Å². The second kappa shape index (κ2) is 11.2. The summed E-state index contributed by atoms with van der Waals surface area (Å²) in [6.07, 6.45) is -2.35. The van der Waals surface area contributed by atoms with Crippen molar-refractivity contribution >= 4 is 29.3 Å². The normalized spacial score (nSPS) is 11.2. The van der Waals surface area contributed by atoms with Crippen molar-refractivity contribution in [1.29, 1.82) is 0 Å². The summed E-state index contributed by atoms with van der Waals surface area (Å²) < 4.78 is 55.7. The minimum atomic E-state index is -4.40. The highest BCUT2D eigenvalue weighted by Gasteiger charge is 2.31. The van der Waals surface area contributed by atoms with Gasteiger partial charge in [-0.1, -0.05) is 43.4 Å². The van der Waals surface area contributed by atoms with Crippen LogP contribution in [-0.4, -0.2) is 26.2 Å². The van der Waals surface area contributed by atoms with Crippen LogP contribution in [0.3, 0.4) is 0 Å². The Hall–Kier alpha value is -3.27. The van der Waals surface area contributed by atoms with E-state index < -0.39 is 11.7 Å². The lowest BCUT2D eigenvalue weighted by Gasteiger charge is -2.11. The lowest BCUT2D eigenvalue weighted by Crippen LogP contribution is -2.05. The monoisotopic (exact) mass is 535 g/mol. The molecule has 0 amide bonds. The van der Waals surface area contributed by atoms with E-state index >= 15 is 0 Å². The molecule has 0 aliphatic rings. The van der Waals surface area contributed by atoms with Crippen LogP contribution in [0.25, 0.3) is 27.5 Å². The molecule has 188 valence electrons. The van der Waals surface area contributed by atoms with Crippen molar-refractivity contribution < 1.29 is 27.2 Å². The fourth-order valence-corrected chi connectivity index (χ4v) is 5.89. The van der Waals surface area contributed by atoms with E-state index in [0.717, 1.165) is 27.6 Å². The zero-order valence-electron chi connectivity index (χ0n) is 19.7. The second-order valence-electron chi connectivity index (χ2n) is 7.99. The van der Waals surface area contributed by atoms with Crippen molar-refractivity contribution in [3.63, 3.8) is 0 Å². The smallest absolute Gasteiger partial charge is 0.217 e. The van der Waals surface area contributed by atoms with E-state index in [9.17, 15) is 17.6 Å². The molecule has 0 unspecified atom stereocenters. The average molecular weight is 536 g/mol. The lowest BCUT2D eigenvalue weighted by molar-refractivity contribution is -0.191. The molecule has 2 aromatic heterocycles. The molecular weight excluding hydrogens is 514 g/mol. The van der Waals surface area contributed by atoms with Gasteiger partial charge in [-0.05, 0) is 49.2 Å². The van der Waals surface area contributed by atoms with Crippen LogP contribution in [0, 0.1) is 19.7 Å². The number of alkyl halides is 3. The number of thioether (sulfide) groups is 1. The molecule has 0 atom stereocenters. The maximum Gasteiger partial charge on any atom is 0.416 e. The molecule has 0 aliphatic carbocycles. The lowest BCUT2D eigenvalue weighted by atomic mass is 10.0. The maximum absolute atomic E-state index is 13.7. The quantitative estimate of drug-likeness (QED) is 0.197. The van der Waals surface area contributed by atoms with E-state index in [2.05, 4.69) is 5.10 Å². The molecule has 4 rings (SSSR count). The number of rotatable bonds is 5. The van der Waals surface area contributed by atoms with Crippen LogP contribution in [0.1, 0.15) is 30.7 Å². The van der Waals surface area contributed by atoms with Gasteiger partial charge in [0.15, 0.2) is 0 Å². The van der Waals surface area contributed by atoms with Crippen LogP contribution >= 0.6 is 23.1 Å². The van der Waals surface area contributed by atoms with Crippen molar-refractivity contribution in [2.45, 2.75) is 43.3 Å². The highest BCUT2D eigenvalue weighted by atomic mass is 32.2. The molecule has 36 heavy (non-hydrogen) atoms. The van der Waals surface area contributed by atoms with Crippen molar-refractivity contribution in [2.24, 2.45) is 0 Å². The minimum Gasteiger partial charge on any atom is -0.217 e. The van der Waals surface area contributed by atoms with Gasteiger partial charge in [0.25, 0.3) is 0 Å². The Balaban J connectivity index is 0.00000115. The van der Waals surface area contributed by atoms with Gasteiger partial charge in [0.05, 0.1) is 21.2 Å². The number of thiazole rings is 1. The number of aromatic nitrogens is 3. The number of benzene rings is 2. The molecule has 5 nitrogen and oxygen atoms in total. The highest BCUT2D eigenvalue weighted by Crippen LogP contribution is 2.42. The van der Waals surface area contributed by atoms with Crippen molar-refractivity contribution in [3.05, 3.63) is 71.3 Å². The van der Waals surface area contributed by atoms with Gasteiger partial charge in [-0.3, -0.25) is 0 Å². The molecule has 11 heteroatoms. The van der Waals surface area contributed by atoms with E-state index in [1.165, 1.54) is 29.5 Å². The number of hydrogen-bond acceptors (Lipinski definition) is 6. The van der Waals surface area contributed by atoms with Crippen molar-refractivity contribution in [2.75, 3.05) is 0 Å². The van der Waals surface area contributed by atoms with Crippen LogP contribution in [0.15, 0.2) is 52.9 Å². The number of aryl methyl sites for hydroxylation is 2. The Morgan fingerprint density at radius 1 is 1.06 bits per heavy atom. The molecule has 0 saturated carbocycles. The molecular formula is C25H21F4N3O2S2. The van der Waals surface area contributed by atoms with E-state index in [0.29, 0.717) is 27.5 Å². The fourth-order valence-electron chi connectivity index (χ4n) is 3.46. The van der Waals surface area contributed by atoms with E-state index in [1.54, 1.807) is 35.6 Å². The Kier molecular flexibility index (Phi) is 8.50. The first-order chi connectivity index (χ1) is 16.9. The molecule has 0 spiro atoms. The number of nitrogens with zero attached hydrogens (tertiary/aromatic N) is 3. The standard InChI is InChI=1S/C24H21F4N3S2.CO2/c1-13(2)32-22-21(19-9-8-17(10-14(19)3)24(26,27)28)29-23(33-22)31-12-20(15(4)30-31)16-6-5-7-18(25)11-16;2-1-3/h5-13H,1-4H3;. The predicted octanol–water partition coefficient (Wildman–Crippen LogP) is 7.35. The van der Waals surface area contributed by atoms with Gasteiger partial charge in [0, 0.05) is 22.6 Å². The number of carbonyl (C=O) groups excluding carboxylic acids is 2. The van der Waals surface area contributed by atoms with Gasteiger partial charge in [0.1, 0.15) is 5.82 Å². The Bertz CT molecular complexity index is 1400. The van der Waals surface area contributed by atoms with Crippen LogP contribution in [0.2, 0.25) is 0 Å². The molecule has 4 aromatic rings. The zero-order valence-corrected chi connectivity index (χ0v) is 21.3. The van der Waals surface area contributed by atoms with Crippen LogP contribution in [-0.2, 0) is 15.8 Å². The third kappa shape index (κ3) is 6.29. The molecule has 0 aliphatic heterocycles. The van der Waals surface area contributed by atoms with E-state index in [1.807, 2.05) is 26.8 Å². The molecule has 0 fully saturated rings. The molecule has 0 bridgehead atoms. The summed E-state index contributed by atoms with van der Waals surface area (Å²) in [6, 6.07) is 10.0. The Labute approximate surface area is 213 Å². The summed E-state index contributed by atoms with van der Waals surface area (Å²) in [5.74, 6) is -0.329. The SMILES string of the molecule is Cc1cc(C(F)(F)F)ccc1-c1nc(-n2cc(-c3cccc(F)c3)c(C)n2)sc1SC(C)C.O=C=O. The van der Waals surface area contributed by atoms with E-state index in [-0.39, 0.29) is 17.2 Å². The molecule has 2 heterocycles. The van der Waals surface area contributed by atoms with Crippen LogP contribution in [0.5, 0.6) is 0 Å². The van der Waals surface area contributed by atoms with Gasteiger partial charge in [-0.2, -0.15) is 27.9 Å². The number of halogens is 4. The summed E-state index contributed by atoms with van der Waals surface area (Å²) >= 11 is 3.04. The zero-order chi connectivity index (χ0) is 26.6. The fraction of sp³-hybridized carbons (Fsp3) is 0.240. The van der Waals surface area contributed by atoms with Gasteiger partial charge < -0.3 is 0 Å². The van der Waals surface area contributed by atoms with Gasteiger partial charge >= 0.3 is 12.3 Å². The molecule has 2 aromatic carbocycles. The molecule has 0 saturated heterocycles. The topological polar surface area (TPSA) is 64.8 Å². The van der Waals surface area contributed by atoms with Crippen molar-refractivity contribution in [3.8, 4) is 27.5 Å². The van der Waals surface area contributed by atoms with Gasteiger partial charge in [-0.25, -0.2) is 14.1 Å². The van der Waals surface area contributed by atoms with Crippen LogP contribution in [0.4, 0.5) is 17.6 Å². The summed E-state index contributed by atoms with van der Waals surface area (Å²) in [5, 5.41) is 5.42. The second-order valence-corrected chi connectivity index (χ2v) is 10.8. The average Bonchev–Trinajstić information content (AvgIpc) is 3.37. The first-order valence-electron chi connectivity index (χ1n) is 10.6. The highest BCUT2D eigenvalue weighted by molar-refractivity contribution is 8.01. The predicted molar refractivity (Wildman–Crippen MR) is 131 cm³/mol. The Morgan fingerprint density at radius 3 is 2.33 bits per heavy atom. The molecule has 0 N–H and O–H groups in total. The first kappa shape index (κ1) is 27.3. The summed E-state index contributed by atoms with van der Waals surface area (Å²) in [6.45, 7) is 7.60. The van der Waals surface area contributed by atoms with Gasteiger partial charge in [0.2, 0.25) is 5.13 Å². The minimum absolute atomic E-state index is 0.250. The van der Waals surface area contributed by atoms with Crippen molar-refractivity contribution in [1.82, 2.24) is 14.8 Å². The molecule has 0 radical (unpaired) electrons. The summed E-state index contributed by atoms with van der Waals surface area (Å²) in [7, 11) is 0. The number of hydrogen-bond donors (Lipinski definition) is 0. The summed E-state index contributed by atoms with van der Waals surface area (Å²) in [5.41, 5.74) is 3.34. The van der Waals surface area contributed by atoms with Gasteiger partial charge in [-0.15, -0.1) is 11.8 Å². The first-order valence-corrected chi connectivity index (χ1v) is 12.3. The largest absolute Gasteiger partial charge is 0.416 e. The third-order valence-electron chi connectivity index (χ3n) is 4.97. The third-order valence-corrected chi connectivity index (χ3v) is 7.22. The Morgan fingerprint density at radius 2 is 1.75 bits per heavy atom. The van der Waals surface area contributed by atoms with Crippen LogP contribution < -0.4 is 0 Å². The maximum atomic E-state index is 13.7. The summed E-state index contributed by atoms with van der Waals surface area (Å²) in [4.78, 5) is 21.0.